The van der Waals surface area contributed by atoms with Gasteiger partial charge in [0, 0.05) is 5.46 Å². The van der Waals surface area contributed by atoms with E-state index in [1.165, 1.54) is 0 Å². The Labute approximate surface area is 139 Å². The minimum absolute atomic E-state index is 0.00906. The molecule has 3 aromatic carbocycles. The molecule has 5 rings (SSSR count). The van der Waals surface area contributed by atoms with Gasteiger partial charge in [-0.2, -0.15) is 0 Å². The van der Waals surface area contributed by atoms with Crippen LogP contribution in [0.3, 0.4) is 0 Å². The van der Waals surface area contributed by atoms with Crippen molar-refractivity contribution in [1.29, 1.82) is 0 Å². The number of para-hydroxylation sites is 2. The molecule has 0 atom stereocenters. The second-order valence-electron chi connectivity index (χ2n) is 6.02. The molecule has 24 heavy (non-hydrogen) atoms. The van der Waals surface area contributed by atoms with Crippen LogP contribution in [0.4, 0.5) is 0 Å². The number of fused-ring (bicyclic) bond motifs is 4. The van der Waals surface area contributed by atoms with Crippen LogP contribution in [-0.4, -0.2) is 23.9 Å². The van der Waals surface area contributed by atoms with Gasteiger partial charge in [0.25, 0.3) is 6.71 Å². The summed E-state index contributed by atoms with van der Waals surface area (Å²) < 4.78 is 12.1. The van der Waals surface area contributed by atoms with Gasteiger partial charge in [0.15, 0.2) is 0 Å². The fourth-order valence-corrected chi connectivity index (χ4v) is 3.56. The van der Waals surface area contributed by atoms with Gasteiger partial charge in [0.1, 0.15) is 23.0 Å². The maximum absolute atomic E-state index is 9.56. The minimum Gasteiger partial charge on any atom is -0.458 e. The normalized spacial score (nSPS) is 13.2. The monoisotopic (exact) mass is 314 g/mol. The summed E-state index contributed by atoms with van der Waals surface area (Å²) in [7, 11) is -1.58. The molecule has 0 aliphatic carbocycles. The van der Waals surface area contributed by atoms with Crippen molar-refractivity contribution in [2.45, 2.75) is 0 Å². The number of hydrogen-bond acceptors (Lipinski definition) is 4. The van der Waals surface area contributed by atoms with E-state index in [2.05, 4.69) is 12.1 Å². The van der Waals surface area contributed by atoms with Gasteiger partial charge in [-0.15, -0.1) is 0 Å². The largest absolute Gasteiger partial charge is 0.488 e. The molecule has 2 aliphatic rings. The predicted molar refractivity (Wildman–Crippen MR) is 94.0 cm³/mol. The molecular formula is C18H12B2O4. The lowest BCUT2D eigenvalue weighted by Gasteiger charge is -2.33. The first kappa shape index (κ1) is 13.7. The Balaban J connectivity index is 1.83. The molecule has 0 bridgehead atoms. The molecule has 0 saturated carbocycles. The summed E-state index contributed by atoms with van der Waals surface area (Å²) in [6.07, 6.45) is 0. The van der Waals surface area contributed by atoms with E-state index >= 15 is 0 Å². The topological polar surface area (TPSA) is 58.9 Å². The van der Waals surface area contributed by atoms with Gasteiger partial charge in [-0.25, -0.2) is 0 Å². The van der Waals surface area contributed by atoms with Gasteiger partial charge < -0.3 is 19.5 Å². The Hall–Kier alpha value is -2.69. The Morgan fingerprint density at radius 1 is 0.708 bits per heavy atom. The minimum atomic E-state index is -1.58. The molecule has 0 radical (unpaired) electrons. The van der Waals surface area contributed by atoms with Crippen LogP contribution >= 0.6 is 0 Å². The lowest BCUT2D eigenvalue weighted by Crippen LogP contribution is -2.57. The molecule has 0 spiro atoms. The Bertz CT molecular complexity index is 900. The SMILES string of the molecule is OB(O)c1cc2c3c(c1)Oc1ccccc1B3c1ccccc1O2. The highest BCUT2D eigenvalue weighted by Crippen LogP contribution is 2.33. The second kappa shape index (κ2) is 4.90. The predicted octanol–water partition coefficient (Wildman–Crippen LogP) is 0.0940. The lowest BCUT2D eigenvalue weighted by atomic mass is 9.34. The fraction of sp³-hybridized carbons (Fsp3) is 0. The van der Waals surface area contributed by atoms with Crippen LogP contribution < -0.4 is 31.3 Å². The summed E-state index contributed by atoms with van der Waals surface area (Å²) in [5.41, 5.74) is 3.44. The quantitative estimate of drug-likeness (QED) is 0.431. The number of rotatable bonds is 1. The lowest BCUT2D eigenvalue weighted by molar-refractivity contribution is 0.423. The van der Waals surface area contributed by atoms with Crippen LogP contribution in [0.5, 0.6) is 23.0 Å². The van der Waals surface area contributed by atoms with Crippen molar-refractivity contribution in [3.05, 3.63) is 60.7 Å². The van der Waals surface area contributed by atoms with E-state index in [0.29, 0.717) is 17.0 Å². The van der Waals surface area contributed by atoms with Crippen LogP contribution in [0, 0.1) is 0 Å². The maximum Gasteiger partial charge on any atom is 0.488 e. The van der Waals surface area contributed by atoms with Crippen molar-refractivity contribution in [1.82, 2.24) is 0 Å². The molecule has 2 N–H and O–H groups in total. The first-order valence-electron chi connectivity index (χ1n) is 7.80. The van der Waals surface area contributed by atoms with Crippen molar-refractivity contribution >= 4 is 35.7 Å². The average Bonchev–Trinajstić information content (AvgIpc) is 2.61. The third-order valence-electron chi connectivity index (χ3n) is 4.61. The average molecular weight is 314 g/mol. The third kappa shape index (κ3) is 1.84. The summed E-state index contributed by atoms with van der Waals surface area (Å²) in [5.74, 6) is 2.77. The molecule has 3 aromatic rings. The molecule has 0 saturated heterocycles. The van der Waals surface area contributed by atoms with Crippen molar-refractivity contribution in [3.8, 4) is 23.0 Å². The van der Waals surface area contributed by atoms with Gasteiger partial charge in [0.2, 0.25) is 0 Å². The second-order valence-corrected chi connectivity index (χ2v) is 6.02. The molecule has 114 valence electrons. The molecule has 2 aliphatic heterocycles. The van der Waals surface area contributed by atoms with Gasteiger partial charge >= 0.3 is 7.12 Å². The molecule has 0 aromatic heterocycles. The molecule has 4 nitrogen and oxygen atoms in total. The maximum atomic E-state index is 9.56. The summed E-state index contributed by atoms with van der Waals surface area (Å²) >= 11 is 0. The van der Waals surface area contributed by atoms with Crippen LogP contribution in [0.1, 0.15) is 0 Å². The first-order chi connectivity index (χ1) is 11.7. The number of benzene rings is 3. The Morgan fingerprint density at radius 2 is 1.21 bits per heavy atom. The third-order valence-corrected chi connectivity index (χ3v) is 4.61. The highest BCUT2D eigenvalue weighted by atomic mass is 16.5. The van der Waals surface area contributed by atoms with Crippen molar-refractivity contribution < 1.29 is 19.5 Å². The molecule has 0 fully saturated rings. The Morgan fingerprint density at radius 3 is 1.71 bits per heavy atom. The molecular weight excluding hydrogens is 302 g/mol. The summed E-state index contributed by atoms with van der Waals surface area (Å²) in [5, 5.41) is 19.1. The fourth-order valence-electron chi connectivity index (χ4n) is 3.56. The molecule has 0 amide bonds. The van der Waals surface area contributed by atoms with E-state index in [4.69, 9.17) is 9.47 Å². The van der Waals surface area contributed by atoms with E-state index < -0.39 is 7.12 Å². The number of ether oxygens (including phenoxy) is 2. The van der Waals surface area contributed by atoms with Gasteiger partial charge in [-0.1, -0.05) is 36.4 Å². The summed E-state index contributed by atoms with van der Waals surface area (Å²) in [6, 6.07) is 19.2. The zero-order chi connectivity index (χ0) is 16.3. The van der Waals surface area contributed by atoms with Gasteiger partial charge in [-0.3, -0.25) is 0 Å². The van der Waals surface area contributed by atoms with E-state index in [-0.39, 0.29) is 6.71 Å². The van der Waals surface area contributed by atoms with Gasteiger partial charge in [0.05, 0.1) is 0 Å². The van der Waals surface area contributed by atoms with Crippen LogP contribution in [-0.2, 0) is 0 Å². The van der Waals surface area contributed by atoms with Crippen LogP contribution in [0.2, 0.25) is 0 Å². The first-order valence-corrected chi connectivity index (χ1v) is 7.80. The smallest absolute Gasteiger partial charge is 0.458 e. The standard InChI is InChI=1S/C18H12B2O4/c21-20(22)11-9-16-18-17(10-11)24-15-8-4-2-6-13(15)19(18)12-5-1-3-7-14(12)23-16/h1-10,21-22H. The van der Waals surface area contributed by atoms with Crippen molar-refractivity contribution in [2.24, 2.45) is 0 Å². The van der Waals surface area contributed by atoms with E-state index in [1.54, 1.807) is 12.1 Å². The van der Waals surface area contributed by atoms with Crippen LogP contribution in [0.15, 0.2) is 60.7 Å². The zero-order valence-electron chi connectivity index (χ0n) is 12.6. The van der Waals surface area contributed by atoms with E-state index in [9.17, 15) is 10.0 Å². The molecule has 0 unspecified atom stereocenters. The van der Waals surface area contributed by atoms with Crippen LogP contribution in [0.25, 0.3) is 0 Å². The summed E-state index contributed by atoms with van der Waals surface area (Å²) in [4.78, 5) is 0. The zero-order valence-corrected chi connectivity index (χ0v) is 12.6. The highest BCUT2D eigenvalue weighted by molar-refractivity contribution is 6.98. The number of hydrogen-bond donors (Lipinski definition) is 2. The summed E-state index contributed by atoms with van der Waals surface area (Å²) in [6.45, 7) is 0.00906. The molecule has 6 heteroatoms. The van der Waals surface area contributed by atoms with Gasteiger partial charge in [-0.05, 0) is 40.7 Å². The van der Waals surface area contributed by atoms with Crippen molar-refractivity contribution in [2.75, 3.05) is 0 Å². The van der Waals surface area contributed by atoms with E-state index in [1.807, 2.05) is 36.4 Å². The highest BCUT2D eigenvalue weighted by Gasteiger charge is 2.40. The molecule has 2 heterocycles. The van der Waals surface area contributed by atoms with Crippen molar-refractivity contribution in [3.63, 3.8) is 0 Å². The van der Waals surface area contributed by atoms with E-state index in [0.717, 1.165) is 27.9 Å². The Kier molecular flexibility index (Phi) is 2.80.